The lowest BCUT2D eigenvalue weighted by molar-refractivity contribution is -0.132. The molecule has 1 saturated heterocycles. The van der Waals surface area contributed by atoms with E-state index in [1.54, 1.807) is 50.4 Å². The number of ether oxygens (including phenoxy) is 1. The molecule has 0 saturated carbocycles. The maximum Gasteiger partial charge on any atom is 0.300 e. The van der Waals surface area contributed by atoms with E-state index in [0.29, 0.717) is 28.5 Å². The van der Waals surface area contributed by atoms with E-state index in [9.17, 15) is 14.7 Å². The number of aliphatic hydroxyl groups is 1. The summed E-state index contributed by atoms with van der Waals surface area (Å²) < 4.78 is 11.3. The molecular weight excluding hydrogens is 430 g/mol. The Kier molecular flexibility index (Phi) is 6.09. The quantitative estimate of drug-likeness (QED) is 0.289. The molecule has 6 heteroatoms. The van der Waals surface area contributed by atoms with Crippen molar-refractivity contribution >= 4 is 23.1 Å². The van der Waals surface area contributed by atoms with Crippen LogP contribution in [0.1, 0.15) is 59.6 Å². The summed E-state index contributed by atoms with van der Waals surface area (Å²) in [7, 11) is 1.59. The molecule has 1 N–H and O–H groups in total. The zero-order valence-electron chi connectivity index (χ0n) is 20.3. The Bertz CT molecular complexity index is 1310. The lowest BCUT2D eigenvalue weighted by atomic mass is 9.95. The molecule has 34 heavy (non-hydrogen) atoms. The van der Waals surface area contributed by atoms with Crippen LogP contribution in [0.25, 0.3) is 5.76 Å². The third-order valence-corrected chi connectivity index (χ3v) is 6.44. The normalized spacial score (nSPS) is 17.6. The largest absolute Gasteiger partial charge is 0.507 e. The number of rotatable bonds is 5. The van der Waals surface area contributed by atoms with Gasteiger partial charge in [0.2, 0.25) is 0 Å². The molecule has 1 fully saturated rings. The lowest BCUT2D eigenvalue weighted by Gasteiger charge is -2.25. The zero-order valence-corrected chi connectivity index (χ0v) is 20.3. The van der Waals surface area contributed by atoms with Gasteiger partial charge in [-0.15, -0.1) is 0 Å². The van der Waals surface area contributed by atoms with Crippen molar-refractivity contribution in [3.05, 3.63) is 87.9 Å². The maximum absolute atomic E-state index is 13.4. The summed E-state index contributed by atoms with van der Waals surface area (Å²) in [5.74, 6) is 0.190. The monoisotopic (exact) mass is 459 g/mol. The Morgan fingerprint density at radius 3 is 2.41 bits per heavy atom. The Balaban J connectivity index is 1.96. The molecular formula is C28H29NO5. The number of hydrogen-bond donors (Lipinski definition) is 1. The lowest BCUT2D eigenvalue weighted by Crippen LogP contribution is -2.30. The van der Waals surface area contributed by atoms with Crippen LogP contribution < -0.4 is 9.64 Å². The van der Waals surface area contributed by atoms with Gasteiger partial charge < -0.3 is 14.3 Å². The molecule has 176 valence electrons. The SMILES string of the molecule is COc1ccc(/C(O)=C2/C(=O)C(=O)N(c3cccc(C)c3C)C2c2ccc(C)o2)cc1C(C)C. The molecule has 1 atom stereocenters. The second-order valence-corrected chi connectivity index (χ2v) is 8.95. The zero-order chi connectivity index (χ0) is 24.7. The summed E-state index contributed by atoms with van der Waals surface area (Å²) >= 11 is 0. The van der Waals surface area contributed by atoms with Gasteiger partial charge in [0.05, 0.1) is 12.7 Å². The summed E-state index contributed by atoms with van der Waals surface area (Å²) in [5.41, 5.74) is 3.81. The Morgan fingerprint density at radius 1 is 1.06 bits per heavy atom. The first-order valence-corrected chi connectivity index (χ1v) is 11.3. The molecule has 2 aromatic carbocycles. The van der Waals surface area contributed by atoms with Crippen LogP contribution in [0, 0.1) is 20.8 Å². The Hall–Kier alpha value is -3.80. The summed E-state index contributed by atoms with van der Waals surface area (Å²) in [4.78, 5) is 28.1. The van der Waals surface area contributed by atoms with Crippen LogP contribution in [0.15, 0.2) is 58.5 Å². The van der Waals surface area contributed by atoms with Gasteiger partial charge >= 0.3 is 0 Å². The van der Waals surface area contributed by atoms with E-state index in [0.717, 1.165) is 16.7 Å². The van der Waals surface area contributed by atoms with E-state index in [2.05, 4.69) is 0 Å². The molecule has 1 aromatic heterocycles. The second kappa shape index (κ2) is 8.86. The van der Waals surface area contributed by atoms with Crippen LogP contribution in [-0.4, -0.2) is 23.9 Å². The van der Waals surface area contributed by atoms with E-state index in [4.69, 9.17) is 9.15 Å². The number of Topliss-reactive ketones (excluding diaryl/α,β-unsaturated/α-hetero) is 1. The number of aliphatic hydroxyl groups excluding tert-OH is 1. The second-order valence-electron chi connectivity index (χ2n) is 8.95. The van der Waals surface area contributed by atoms with Crippen molar-refractivity contribution in [3.63, 3.8) is 0 Å². The van der Waals surface area contributed by atoms with Gasteiger partial charge in [-0.3, -0.25) is 14.5 Å². The number of methoxy groups -OCH3 is 1. The topological polar surface area (TPSA) is 80.0 Å². The van der Waals surface area contributed by atoms with Crippen molar-refractivity contribution in [2.75, 3.05) is 12.0 Å². The van der Waals surface area contributed by atoms with Crippen molar-refractivity contribution in [1.82, 2.24) is 0 Å². The number of aryl methyl sites for hydroxylation is 2. The van der Waals surface area contributed by atoms with E-state index < -0.39 is 17.7 Å². The van der Waals surface area contributed by atoms with Crippen molar-refractivity contribution in [2.45, 2.75) is 46.6 Å². The van der Waals surface area contributed by atoms with Crippen molar-refractivity contribution in [3.8, 4) is 5.75 Å². The highest BCUT2D eigenvalue weighted by Gasteiger charge is 2.48. The fraction of sp³-hybridized carbons (Fsp3) is 0.286. The summed E-state index contributed by atoms with van der Waals surface area (Å²) in [5, 5.41) is 11.4. The first-order chi connectivity index (χ1) is 16.1. The van der Waals surface area contributed by atoms with Crippen LogP contribution in [0.3, 0.4) is 0 Å². The van der Waals surface area contributed by atoms with Crippen LogP contribution in [0.4, 0.5) is 5.69 Å². The summed E-state index contributed by atoms with van der Waals surface area (Å²) in [6, 6.07) is 13.5. The van der Waals surface area contributed by atoms with Crippen LogP contribution in [-0.2, 0) is 9.59 Å². The van der Waals surface area contributed by atoms with E-state index in [1.165, 1.54) is 4.90 Å². The van der Waals surface area contributed by atoms with Gasteiger partial charge in [-0.1, -0.05) is 26.0 Å². The van der Waals surface area contributed by atoms with E-state index >= 15 is 0 Å². The predicted molar refractivity (Wildman–Crippen MR) is 131 cm³/mol. The fourth-order valence-electron chi connectivity index (χ4n) is 4.44. The van der Waals surface area contributed by atoms with Crippen molar-refractivity contribution in [1.29, 1.82) is 0 Å². The minimum Gasteiger partial charge on any atom is -0.507 e. The number of amides is 1. The van der Waals surface area contributed by atoms with Gasteiger partial charge in [0.25, 0.3) is 11.7 Å². The molecule has 1 unspecified atom stereocenters. The van der Waals surface area contributed by atoms with E-state index in [-0.39, 0.29) is 17.3 Å². The maximum atomic E-state index is 13.4. The minimum absolute atomic E-state index is 0.000120. The highest BCUT2D eigenvalue weighted by atomic mass is 16.5. The summed E-state index contributed by atoms with van der Waals surface area (Å²) in [6.45, 7) is 9.70. The molecule has 6 nitrogen and oxygen atoms in total. The number of carbonyl (C=O) groups is 2. The minimum atomic E-state index is -0.890. The molecule has 3 aromatic rings. The third kappa shape index (κ3) is 3.79. The average molecular weight is 460 g/mol. The molecule has 0 bridgehead atoms. The van der Waals surface area contributed by atoms with Gasteiger partial charge in [-0.05, 0) is 79.8 Å². The van der Waals surface area contributed by atoms with Gasteiger partial charge in [-0.25, -0.2) is 0 Å². The van der Waals surface area contributed by atoms with Crippen LogP contribution >= 0.6 is 0 Å². The predicted octanol–water partition coefficient (Wildman–Crippen LogP) is 5.96. The molecule has 0 spiro atoms. The number of carbonyl (C=O) groups excluding carboxylic acids is 2. The number of hydrogen-bond acceptors (Lipinski definition) is 5. The molecule has 1 aliphatic rings. The van der Waals surface area contributed by atoms with Gasteiger partial charge in [0.15, 0.2) is 0 Å². The number of ketones is 1. The van der Waals surface area contributed by atoms with Gasteiger partial charge in [-0.2, -0.15) is 0 Å². The van der Waals surface area contributed by atoms with E-state index in [1.807, 2.05) is 39.8 Å². The smallest absolute Gasteiger partial charge is 0.300 e. The summed E-state index contributed by atoms with van der Waals surface area (Å²) in [6.07, 6.45) is 0. The molecule has 4 rings (SSSR count). The highest BCUT2D eigenvalue weighted by Crippen LogP contribution is 2.44. The number of furan rings is 1. The highest BCUT2D eigenvalue weighted by molar-refractivity contribution is 6.51. The first kappa shape index (κ1) is 23.4. The van der Waals surface area contributed by atoms with Crippen LogP contribution in [0.2, 0.25) is 0 Å². The number of nitrogens with zero attached hydrogens (tertiary/aromatic N) is 1. The Morgan fingerprint density at radius 2 is 1.79 bits per heavy atom. The molecule has 1 amide bonds. The molecule has 0 aliphatic carbocycles. The van der Waals surface area contributed by atoms with Gasteiger partial charge in [0.1, 0.15) is 29.1 Å². The molecule has 1 aliphatic heterocycles. The standard InChI is InChI=1S/C28H29NO5/c1-15(2)20-14-19(11-13-22(20)33-6)26(30)24-25(23-12-10-17(4)34-23)29(28(32)27(24)31)21-9-7-8-16(3)18(21)5/h7-15,25,30H,1-6H3/b26-24-. The number of anilines is 1. The average Bonchev–Trinajstić information content (AvgIpc) is 3.35. The molecule has 0 radical (unpaired) electrons. The van der Waals surface area contributed by atoms with Gasteiger partial charge in [0, 0.05) is 11.3 Å². The third-order valence-electron chi connectivity index (χ3n) is 6.44. The number of benzene rings is 2. The van der Waals surface area contributed by atoms with Crippen LogP contribution in [0.5, 0.6) is 5.75 Å². The fourth-order valence-corrected chi connectivity index (χ4v) is 4.44. The Labute approximate surface area is 199 Å². The van der Waals surface area contributed by atoms with Crippen molar-refractivity contribution in [2.24, 2.45) is 0 Å². The first-order valence-electron chi connectivity index (χ1n) is 11.3. The van der Waals surface area contributed by atoms with Crippen molar-refractivity contribution < 1.29 is 23.8 Å². The molecule has 2 heterocycles.